The maximum Gasteiger partial charge on any atom is 0.122 e. The van der Waals surface area contributed by atoms with Crippen LogP contribution in [0.2, 0.25) is 0 Å². The third-order valence-electron chi connectivity index (χ3n) is 3.26. The van der Waals surface area contributed by atoms with Crippen LogP contribution in [0, 0.1) is 0 Å². The van der Waals surface area contributed by atoms with Crippen molar-refractivity contribution >= 4 is 5.69 Å². The maximum atomic E-state index is 5.39. The van der Waals surface area contributed by atoms with Crippen LogP contribution in [0.1, 0.15) is 39.2 Å². The summed E-state index contributed by atoms with van der Waals surface area (Å²) in [4.78, 5) is 0. The number of hydrogen-bond donors (Lipinski definition) is 2. The van der Waals surface area contributed by atoms with Gasteiger partial charge in [-0.25, -0.2) is 0 Å². The molecular formula is C15H26N2O. The normalized spacial score (nSPS) is 11.7. The summed E-state index contributed by atoms with van der Waals surface area (Å²) in [5.74, 6) is 1.42. The van der Waals surface area contributed by atoms with Crippen LogP contribution in [-0.2, 0) is 0 Å². The van der Waals surface area contributed by atoms with Crippen molar-refractivity contribution in [2.75, 3.05) is 26.0 Å². The largest absolute Gasteiger partial charge is 0.496 e. The summed E-state index contributed by atoms with van der Waals surface area (Å²) in [5, 5.41) is 6.75. The average Bonchev–Trinajstić information content (AvgIpc) is 2.36. The van der Waals surface area contributed by atoms with Crippen LogP contribution in [0.4, 0.5) is 5.69 Å². The van der Waals surface area contributed by atoms with Crippen LogP contribution in [0.3, 0.4) is 0 Å². The molecule has 0 aliphatic rings. The Morgan fingerprint density at radius 3 is 2.44 bits per heavy atom. The Morgan fingerprint density at radius 1 is 1.28 bits per heavy atom. The van der Waals surface area contributed by atoms with Gasteiger partial charge >= 0.3 is 0 Å². The summed E-state index contributed by atoms with van der Waals surface area (Å²) in [5.41, 5.74) is 2.46. The van der Waals surface area contributed by atoms with E-state index in [9.17, 15) is 0 Å². The lowest BCUT2D eigenvalue weighted by Gasteiger charge is -2.25. The van der Waals surface area contributed by atoms with Gasteiger partial charge in [-0.3, -0.25) is 0 Å². The van der Waals surface area contributed by atoms with Gasteiger partial charge in [0.05, 0.1) is 7.11 Å². The molecule has 0 aromatic heterocycles. The second-order valence-electron chi connectivity index (χ2n) is 5.60. The SMILES string of the molecule is CNC(C)(C)CNc1ccc(OC)c(C(C)C)c1. The van der Waals surface area contributed by atoms with Crippen molar-refractivity contribution in [3.05, 3.63) is 23.8 Å². The lowest BCUT2D eigenvalue weighted by molar-refractivity contribution is 0.407. The molecule has 0 atom stereocenters. The van der Waals surface area contributed by atoms with E-state index in [-0.39, 0.29) is 5.54 Å². The first-order chi connectivity index (χ1) is 8.39. The smallest absolute Gasteiger partial charge is 0.122 e. The highest BCUT2D eigenvalue weighted by atomic mass is 16.5. The third-order valence-corrected chi connectivity index (χ3v) is 3.26. The van der Waals surface area contributed by atoms with E-state index >= 15 is 0 Å². The summed E-state index contributed by atoms with van der Waals surface area (Å²) in [6.45, 7) is 9.59. The molecule has 1 aromatic rings. The van der Waals surface area contributed by atoms with Gasteiger partial charge in [0, 0.05) is 17.8 Å². The molecule has 0 aliphatic carbocycles. The average molecular weight is 250 g/mol. The van der Waals surface area contributed by atoms with E-state index < -0.39 is 0 Å². The van der Waals surface area contributed by atoms with E-state index in [1.807, 2.05) is 13.1 Å². The summed E-state index contributed by atoms with van der Waals surface area (Å²) < 4.78 is 5.39. The molecule has 18 heavy (non-hydrogen) atoms. The fourth-order valence-corrected chi connectivity index (χ4v) is 1.71. The molecule has 0 saturated carbocycles. The molecular weight excluding hydrogens is 224 g/mol. The third kappa shape index (κ3) is 3.91. The Balaban J connectivity index is 2.82. The van der Waals surface area contributed by atoms with Gasteiger partial charge in [0.25, 0.3) is 0 Å². The van der Waals surface area contributed by atoms with E-state index in [0.29, 0.717) is 5.92 Å². The Morgan fingerprint density at radius 2 is 1.94 bits per heavy atom. The first kappa shape index (κ1) is 14.8. The lowest BCUT2D eigenvalue weighted by Crippen LogP contribution is -2.42. The van der Waals surface area contributed by atoms with Crippen molar-refractivity contribution in [1.29, 1.82) is 0 Å². The molecule has 1 aromatic carbocycles. The van der Waals surface area contributed by atoms with Crippen LogP contribution in [0.25, 0.3) is 0 Å². The van der Waals surface area contributed by atoms with Gasteiger partial charge < -0.3 is 15.4 Å². The van der Waals surface area contributed by atoms with Crippen molar-refractivity contribution < 1.29 is 4.74 Å². The molecule has 3 nitrogen and oxygen atoms in total. The summed E-state index contributed by atoms with van der Waals surface area (Å²) in [7, 11) is 3.70. The van der Waals surface area contributed by atoms with Gasteiger partial charge in [-0.15, -0.1) is 0 Å². The Labute approximate surface area is 111 Å². The number of hydrogen-bond acceptors (Lipinski definition) is 3. The number of methoxy groups -OCH3 is 1. The monoisotopic (exact) mass is 250 g/mol. The number of anilines is 1. The highest BCUT2D eigenvalue weighted by Gasteiger charge is 2.14. The van der Waals surface area contributed by atoms with Gasteiger partial charge in [0.15, 0.2) is 0 Å². The zero-order valence-corrected chi connectivity index (χ0v) is 12.4. The van der Waals surface area contributed by atoms with Gasteiger partial charge in [-0.05, 0) is 50.6 Å². The first-order valence-corrected chi connectivity index (χ1v) is 6.50. The lowest BCUT2D eigenvalue weighted by atomic mass is 10.0. The molecule has 0 aliphatic heterocycles. The van der Waals surface area contributed by atoms with Gasteiger partial charge in [-0.2, -0.15) is 0 Å². The zero-order valence-electron chi connectivity index (χ0n) is 12.4. The van der Waals surface area contributed by atoms with Crippen molar-refractivity contribution in [1.82, 2.24) is 5.32 Å². The van der Waals surface area contributed by atoms with Gasteiger partial charge in [-0.1, -0.05) is 13.8 Å². The first-order valence-electron chi connectivity index (χ1n) is 6.50. The number of nitrogens with one attached hydrogen (secondary N) is 2. The second-order valence-corrected chi connectivity index (χ2v) is 5.60. The number of ether oxygens (including phenoxy) is 1. The van der Waals surface area contributed by atoms with Gasteiger partial charge in [0.1, 0.15) is 5.75 Å². The summed E-state index contributed by atoms with van der Waals surface area (Å²) >= 11 is 0. The highest BCUT2D eigenvalue weighted by Crippen LogP contribution is 2.29. The highest BCUT2D eigenvalue weighted by molar-refractivity contribution is 5.52. The Hall–Kier alpha value is -1.22. The molecule has 0 saturated heterocycles. The van der Waals surface area contributed by atoms with Crippen molar-refractivity contribution in [2.24, 2.45) is 0 Å². The number of likely N-dealkylation sites (N-methyl/N-ethyl adjacent to an activating group) is 1. The standard InChI is InChI=1S/C15H26N2O/c1-11(2)13-9-12(7-8-14(13)18-6)17-10-15(3,4)16-5/h7-9,11,16-17H,10H2,1-6H3. The minimum Gasteiger partial charge on any atom is -0.496 e. The van der Waals surface area contributed by atoms with Crippen LogP contribution in [0.15, 0.2) is 18.2 Å². The Kier molecular flexibility index (Phi) is 5.03. The molecule has 0 radical (unpaired) electrons. The Bertz CT molecular complexity index is 386. The molecule has 0 fully saturated rings. The van der Waals surface area contributed by atoms with Crippen LogP contribution in [0.5, 0.6) is 5.75 Å². The van der Waals surface area contributed by atoms with E-state index in [2.05, 4.69) is 50.5 Å². The molecule has 102 valence electrons. The van der Waals surface area contributed by atoms with Crippen molar-refractivity contribution in [3.8, 4) is 5.75 Å². The molecule has 0 bridgehead atoms. The fraction of sp³-hybridized carbons (Fsp3) is 0.600. The minimum absolute atomic E-state index is 0.0813. The topological polar surface area (TPSA) is 33.3 Å². The molecule has 0 spiro atoms. The van der Waals surface area contributed by atoms with Gasteiger partial charge in [0.2, 0.25) is 0 Å². The van der Waals surface area contributed by atoms with E-state index in [1.54, 1.807) is 7.11 Å². The summed E-state index contributed by atoms with van der Waals surface area (Å²) in [6.07, 6.45) is 0. The molecule has 0 unspecified atom stereocenters. The molecule has 3 heteroatoms. The van der Waals surface area contributed by atoms with E-state index in [4.69, 9.17) is 4.74 Å². The van der Waals surface area contributed by atoms with Crippen molar-refractivity contribution in [3.63, 3.8) is 0 Å². The van der Waals surface area contributed by atoms with Crippen molar-refractivity contribution in [2.45, 2.75) is 39.2 Å². The van der Waals surface area contributed by atoms with Crippen LogP contribution < -0.4 is 15.4 Å². The summed E-state index contributed by atoms with van der Waals surface area (Å²) in [6, 6.07) is 6.27. The van der Waals surface area contributed by atoms with E-state index in [1.165, 1.54) is 5.56 Å². The molecule has 1 rings (SSSR count). The number of rotatable bonds is 6. The second kappa shape index (κ2) is 6.10. The zero-order chi connectivity index (χ0) is 13.8. The molecule has 0 amide bonds. The quantitative estimate of drug-likeness (QED) is 0.813. The molecule has 2 N–H and O–H groups in total. The van der Waals surface area contributed by atoms with E-state index in [0.717, 1.165) is 18.0 Å². The maximum absolute atomic E-state index is 5.39. The van der Waals surface area contributed by atoms with Crippen LogP contribution in [-0.4, -0.2) is 26.2 Å². The predicted molar refractivity (Wildman–Crippen MR) is 78.7 cm³/mol. The fourth-order valence-electron chi connectivity index (χ4n) is 1.71. The predicted octanol–water partition coefficient (Wildman–Crippen LogP) is 3.23. The molecule has 0 heterocycles. The number of benzene rings is 1. The van der Waals surface area contributed by atoms with Crippen LogP contribution >= 0.6 is 0 Å². The minimum atomic E-state index is 0.0813.